The number of aromatic nitrogens is 1. The number of hydrogen-bond acceptors (Lipinski definition) is 3. The Balaban J connectivity index is 2.08. The highest BCUT2D eigenvalue weighted by atomic mass is 35.5. The topological polar surface area (TPSA) is 60.7 Å². The van der Waals surface area contributed by atoms with Gasteiger partial charge in [-0.25, -0.2) is 0 Å². The summed E-state index contributed by atoms with van der Waals surface area (Å²) in [6.45, 7) is 4.22. The van der Waals surface area contributed by atoms with E-state index in [0.717, 1.165) is 16.5 Å². The summed E-state index contributed by atoms with van der Waals surface area (Å²) in [6.07, 6.45) is 0. The lowest BCUT2D eigenvalue weighted by Crippen LogP contribution is -1.85. The number of H-pyrrole nitrogens is 1. The minimum absolute atomic E-state index is 0.0252. The van der Waals surface area contributed by atoms with Crippen LogP contribution in [0.2, 0.25) is 10.0 Å². The van der Waals surface area contributed by atoms with Crippen molar-refractivity contribution >= 4 is 45.5 Å². The second kappa shape index (κ2) is 6.22. The summed E-state index contributed by atoms with van der Waals surface area (Å²) >= 11 is 12.1. The molecule has 0 aliphatic rings. The van der Waals surface area contributed by atoms with Crippen molar-refractivity contribution in [1.82, 2.24) is 4.98 Å². The first-order chi connectivity index (χ1) is 11.0. The van der Waals surface area contributed by atoms with Crippen molar-refractivity contribution in [2.75, 3.05) is 0 Å². The molecule has 0 saturated carbocycles. The van der Waals surface area contributed by atoms with Crippen LogP contribution in [0.5, 0.6) is 5.88 Å². The molecule has 0 atom stereocenters. The zero-order valence-corrected chi connectivity index (χ0v) is 14.2. The van der Waals surface area contributed by atoms with Gasteiger partial charge in [-0.3, -0.25) is 0 Å². The van der Waals surface area contributed by atoms with Gasteiger partial charge in [0.25, 0.3) is 0 Å². The van der Waals surface area contributed by atoms with Crippen molar-refractivity contribution in [2.24, 2.45) is 10.2 Å². The van der Waals surface area contributed by atoms with Gasteiger partial charge >= 0.3 is 0 Å². The molecule has 0 spiro atoms. The molecule has 3 aromatic rings. The molecule has 0 unspecified atom stereocenters. The molecular weight excluding hydrogens is 333 g/mol. The maximum atomic E-state index is 10.1. The molecule has 1 heterocycles. The number of rotatable bonds is 3. The zero-order valence-electron chi connectivity index (χ0n) is 12.6. The average Bonchev–Trinajstić information content (AvgIpc) is 2.83. The molecule has 1 aromatic heterocycles. The number of halogens is 2. The molecule has 2 N–H and O–H groups in total. The molecule has 0 aliphatic carbocycles. The zero-order chi connectivity index (χ0) is 16.6. The molecule has 4 nitrogen and oxygen atoms in total. The van der Waals surface area contributed by atoms with Crippen molar-refractivity contribution in [3.8, 4) is 5.88 Å². The largest absolute Gasteiger partial charge is 0.493 e. The maximum absolute atomic E-state index is 10.1. The number of nitrogens with one attached hydrogen (secondary N) is 1. The lowest BCUT2D eigenvalue weighted by Gasteiger charge is -2.04. The molecule has 0 amide bonds. The van der Waals surface area contributed by atoms with Gasteiger partial charge < -0.3 is 10.1 Å². The highest BCUT2D eigenvalue weighted by Gasteiger charge is 2.12. The standard InChI is InChI=1S/C17H15Cl2N3O/c1-9(2)10-6-7-13-11(8-10)16(17(23)20-13)22-21-14-5-3-4-12(18)15(14)19/h3-9,20,23H,1-2H3. The number of nitrogens with zero attached hydrogens (tertiary/aromatic N) is 2. The Morgan fingerprint density at radius 2 is 1.87 bits per heavy atom. The van der Waals surface area contributed by atoms with Crippen molar-refractivity contribution in [2.45, 2.75) is 19.8 Å². The minimum atomic E-state index is -0.0252. The Morgan fingerprint density at radius 1 is 1.09 bits per heavy atom. The third kappa shape index (κ3) is 3.05. The third-order valence-electron chi connectivity index (χ3n) is 3.63. The van der Waals surface area contributed by atoms with Crippen molar-refractivity contribution in [1.29, 1.82) is 0 Å². The lowest BCUT2D eigenvalue weighted by molar-refractivity contribution is 0.459. The highest BCUT2D eigenvalue weighted by Crippen LogP contribution is 2.39. The second-order valence-electron chi connectivity index (χ2n) is 5.55. The van der Waals surface area contributed by atoms with Gasteiger partial charge in [0.15, 0.2) is 5.69 Å². The van der Waals surface area contributed by atoms with E-state index < -0.39 is 0 Å². The Hall–Kier alpha value is -2.04. The van der Waals surface area contributed by atoms with E-state index in [-0.39, 0.29) is 5.88 Å². The van der Waals surface area contributed by atoms with E-state index in [0.29, 0.717) is 27.3 Å². The molecule has 0 bridgehead atoms. The first-order valence-corrected chi connectivity index (χ1v) is 7.93. The smallest absolute Gasteiger partial charge is 0.218 e. The molecule has 2 aromatic carbocycles. The van der Waals surface area contributed by atoms with E-state index in [2.05, 4.69) is 29.1 Å². The van der Waals surface area contributed by atoms with E-state index in [1.54, 1.807) is 18.2 Å². The van der Waals surface area contributed by atoms with Crippen LogP contribution in [0.15, 0.2) is 46.6 Å². The van der Waals surface area contributed by atoms with Crippen molar-refractivity contribution in [3.05, 3.63) is 52.0 Å². The molecule has 0 saturated heterocycles. The molecular formula is C17H15Cl2N3O. The number of fused-ring (bicyclic) bond motifs is 1. The van der Waals surface area contributed by atoms with E-state index in [1.165, 1.54) is 0 Å². The summed E-state index contributed by atoms with van der Waals surface area (Å²) in [7, 11) is 0. The van der Waals surface area contributed by atoms with E-state index in [9.17, 15) is 5.11 Å². The van der Waals surface area contributed by atoms with E-state index >= 15 is 0 Å². The van der Waals surface area contributed by atoms with Crippen LogP contribution in [0.3, 0.4) is 0 Å². The van der Waals surface area contributed by atoms with E-state index in [4.69, 9.17) is 23.2 Å². The number of aromatic hydroxyl groups is 1. The van der Waals surface area contributed by atoms with Crippen LogP contribution >= 0.6 is 23.2 Å². The molecule has 3 rings (SSSR count). The fourth-order valence-corrected chi connectivity index (χ4v) is 2.65. The van der Waals surface area contributed by atoms with Crippen LogP contribution in [-0.2, 0) is 0 Å². The maximum Gasteiger partial charge on any atom is 0.218 e. The molecule has 0 fully saturated rings. The van der Waals surface area contributed by atoms with Gasteiger partial charge in [0.1, 0.15) is 5.69 Å². The summed E-state index contributed by atoms with van der Waals surface area (Å²) in [5.41, 5.74) is 2.80. The monoisotopic (exact) mass is 347 g/mol. The Kier molecular flexibility index (Phi) is 4.28. The molecule has 6 heteroatoms. The predicted octanol–water partition coefficient (Wildman–Crippen LogP) is 6.72. The van der Waals surface area contributed by atoms with Gasteiger partial charge in [0, 0.05) is 5.39 Å². The molecule has 118 valence electrons. The van der Waals surface area contributed by atoms with Crippen molar-refractivity contribution in [3.63, 3.8) is 0 Å². The van der Waals surface area contributed by atoms with Gasteiger partial charge in [-0.1, -0.05) is 49.2 Å². The van der Waals surface area contributed by atoms with Gasteiger partial charge in [0.05, 0.1) is 15.6 Å². The molecule has 0 aliphatic heterocycles. The minimum Gasteiger partial charge on any atom is -0.493 e. The Morgan fingerprint density at radius 3 is 2.61 bits per heavy atom. The summed E-state index contributed by atoms with van der Waals surface area (Å²) in [4.78, 5) is 2.90. The number of aromatic amines is 1. The predicted molar refractivity (Wildman–Crippen MR) is 94.7 cm³/mol. The van der Waals surface area contributed by atoms with Gasteiger partial charge in [-0.15, -0.1) is 10.2 Å². The van der Waals surface area contributed by atoms with Gasteiger partial charge in [-0.05, 0) is 35.7 Å². The Bertz CT molecular complexity index is 900. The summed E-state index contributed by atoms with van der Waals surface area (Å²) in [5.74, 6) is 0.353. The fourth-order valence-electron chi connectivity index (χ4n) is 2.31. The number of benzene rings is 2. The van der Waals surface area contributed by atoms with Gasteiger partial charge in [0.2, 0.25) is 5.88 Å². The quantitative estimate of drug-likeness (QED) is 0.507. The summed E-state index contributed by atoms with van der Waals surface area (Å²) in [5, 5.41) is 19.9. The first kappa shape index (κ1) is 15.8. The second-order valence-corrected chi connectivity index (χ2v) is 6.34. The summed E-state index contributed by atoms with van der Waals surface area (Å²) < 4.78 is 0. The number of hydrogen-bond donors (Lipinski definition) is 2. The van der Waals surface area contributed by atoms with E-state index in [1.807, 2.05) is 18.2 Å². The summed E-state index contributed by atoms with van der Waals surface area (Å²) in [6, 6.07) is 11.1. The van der Waals surface area contributed by atoms with Crippen LogP contribution in [-0.4, -0.2) is 10.1 Å². The number of azo groups is 1. The van der Waals surface area contributed by atoms with Crippen molar-refractivity contribution < 1.29 is 5.11 Å². The third-order valence-corrected chi connectivity index (χ3v) is 4.44. The normalized spacial score (nSPS) is 11.9. The Labute approximate surface area is 143 Å². The molecule has 23 heavy (non-hydrogen) atoms. The lowest BCUT2D eigenvalue weighted by atomic mass is 10.0. The van der Waals surface area contributed by atoms with Crippen LogP contribution in [0, 0.1) is 0 Å². The molecule has 0 radical (unpaired) electrons. The van der Waals surface area contributed by atoms with Crippen LogP contribution in [0.1, 0.15) is 25.3 Å². The van der Waals surface area contributed by atoms with Crippen LogP contribution in [0.25, 0.3) is 10.9 Å². The highest BCUT2D eigenvalue weighted by molar-refractivity contribution is 6.43. The van der Waals surface area contributed by atoms with Crippen LogP contribution < -0.4 is 0 Å². The average molecular weight is 348 g/mol. The fraction of sp³-hybridized carbons (Fsp3) is 0.176. The van der Waals surface area contributed by atoms with Gasteiger partial charge in [-0.2, -0.15) is 0 Å². The SMILES string of the molecule is CC(C)c1ccc2[nH]c(O)c(N=Nc3cccc(Cl)c3Cl)c2c1. The van der Waals surface area contributed by atoms with Crippen LogP contribution in [0.4, 0.5) is 11.4 Å². The first-order valence-electron chi connectivity index (χ1n) is 7.17.